The van der Waals surface area contributed by atoms with E-state index < -0.39 is 6.04 Å². The summed E-state index contributed by atoms with van der Waals surface area (Å²) in [5.74, 6) is 0.588. The highest BCUT2D eigenvalue weighted by molar-refractivity contribution is 6.01. The zero-order chi connectivity index (χ0) is 22.3. The molecule has 172 valence electrons. The number of amides is 2. The van der Waals surface area contributed by atoms with E-state index in [0.717, 1.165) is 49.6 Å². The maximum atomic E-state index is 13.0. The number of allylic oxidation sites excluding steroid dienone is 1. The molecule has 3 unspecified atom stereocenters. The summed E-state index contributed by atoms with van der Waals surface area (Å²) < 4.78 is 11.8. The van der Waals surface area contributed by atoms with Gasteiger partial charge < -0.3 is 25.0 Å². The molecule has 32 heavy (non-hydrogen) atoms. The average Bonchev–Trinajstić information content (AvgIpc) is 3.07. The van der Waals surface area contributed by atoms with Crippen LogP contribution in [0.3, 0.4) is 0 Å². The van der Waals surface area contributed by atoms with Crippen molar-refractivity contribution in [2.45, 2.75) is 70.2 Å². The van der Waals surface area contributed by atoms with Crippen molar-refractivity contribution in [3.8, 4) is 5.75 Å². The van der Waals surface area contributed by atoms with Crippen LogP contribution in [0.4, 0.5) is 0 Å². The number of benzene rings is 1. The van der Waals surface area contributed by atoms with Crippen molar-refractivity contribution in [2.75, 3.05) is 19.8 Å². The third kappa shape index (κ3) is 4.16. The van der Waals surface area contributed by atoms with E-state index in [0.29, 0.717) is 31.0 Å². The number of nitrogens with zero attached hydrogens (tertiary/aromatic N) is 1. The largest absolute Gasteiger partial charge is 0.489 e. The van der Waals surface area contributed by atoms with Gasteiger partial charge in [-0.3, -0.25) is 9.59 Å². The van der Waals surface area contributed by atoms with E-state index in [-0.39, 0.29) is 23.3 Å². The number of piperidine rings is 1. The van der Waals surface area contributed by atoms with Gasteiger partial charge in [0, 0.05) is 35.8 Å². The molecule has 0 aromatic heterocycles. The fourth-order valence-electron chi connectivity index (χ4n) is 5.28. The molecule has 1 aliphatic carbocycles. The Balaban J connectivity index is 1.25. The van der Waals surface area contributed by atoms with Crippen LogP contribution < -0.4 is 15.4 Å². The smallest absolute Gasteiger partial charge is 0.255 e. The Labute approximate surface area is 189 Å². The van der Waals surface area contributed by atoms with Gasteiger partial charge in [-0.25, -0.2) is 0 Å². The first-order valence-electron chi connectivity index (χ1n) is 11.8. The highest BCUT2D eigenvalue weighted by Crippen LogP contribution is 2.33. The Morgan fingerprint density at radius 2 is 2.06 bits per heavy atom. The molecular weight excluding hydrogens is 406 g/mol. The van der Waals surface area contributed by atoms with Gasteiger partial charge in [0.2, 0.25) is 5.91 Å². The Bertz CT molecular complexity index is 926. The summed E-state index contributed by atoms with van der Waals surface area (Å²) in [5.41, 5.74) is 2.56. The Morgan fingerprint density at radius 3 is 2.81 bits per heavy atom. The van der Waals surface area contributed by atoms with E-state index in [4.69, 9.17) is 9.47 Å². The fraction of sp³-hybridized carbons (Fsp3) is 0.600. The van der Waals surface area contributed by atoms with Crippen LogP contribution in [-0.2, 0) is 16.1 Å². The van der Waals surface area contributed by atoms with Crippen LogP contribution in [0, 0.1) is 5.41 Å². The number of nitrogens with one attached hydrogen (secondary N) is 2. The van der Waals surface area contributed by atoms with Crippen molar-refractivity contribution in [3.63, 3.8) is 0 Å². The molecule has 3 aliphatic heterocycles. The van der Waals surface area contributed by atoms with E-state index in [1.54, 1.807) is 4.90 Å². The summed E-state index contributed by atoms with van der Waals surface area (Å²) >= 11 is 0. The molecule has 4 aliphatic rings. The number of rotatable bonds is 6. The van der Waals surface area contributed by atoms with Crippen LogP contribution in [0.1, 0.15) is 61.4 Å². The Morgan fingerprint density at radius 1 is 1.25 bits per heavy atom. The molecular formula is C25H33N3O4. The minimum absolute atomic E-state index is 0.0765. The molecule has 7 heteroatoms. The van der Waals surface area contributed by atoms with Crippen molar-refractivity contribution in [3.05, 3.63) is 41.6 Å². The van der Waals surface area contributed by atoms with Crippen LogP contribution in [0.2, 0.25) is 0 Å². The SMILES string of the molecule is C=C1CCC(N2Cc3cc(OC4CCCCC4NCC4(C)COC4)ccc3C2=O)C(=O)N1. The highest BCUT2D eigenvalue weighted by Gasteiger charge is 2.39. The van der Waals surface area contributed by atoms with E-state index >= 15 is 0 Å². The maximum Gasteiger partial charge on any atom is 0.255 e. The van der Waals surface area contributed by atoms with Crippen LogP contribution in [0.15, 0.2) is 30.5 Å². The molecule has 0 bridgehead atoms. The number of carbonyl (C=O) groups excluding carboxylic acids is 2. The zero-order valence-electron chi connectivity index (χ0n) is 18.8. The first-order valence-corrected chi connectivity index (χ1v) is 11.8. The minimum Gasteiger partial charge on any atom is -0.489 e. The quantitative estimate of drug-likeness (QED) is 0.713. The standard InChI is InChI=1S/C25H33N3O4/c1-16-7-10-21(23(29)27-16)28-12-17-11-18(8-9-19(17)24(28)30)32-22-6-4-3-5-20(22)26-13-25(2)14-31-15-25/h8-9,11,20-22,26H,1,3-7,10,12-15H2,2H3,(H,27,29). The van der Waals surface area contributed by atoms with E-state index in [1.165, 1.54) is 12.8 Å². The van der Waals surface area contributed by atoms with Gasteiger partial charge in [0.25, 0.3) is 5.91 Å². The second kappa shape index (κ2) is 8.52. The maximum absolute atomic E-state index is 13.0. The molecule has 2 N–H and O–H groups in total. The van der Waals surface area contributed by atoms with Crippen molar-refractivity contribution < 1.29 is 19.1 Å². The van der Waals surface area contributed by atoms with E-state index in [1.807, 2.05) is 18.2 Å². The minimum atomic E-state index is -0.437. The second-order valence-corrected chi connectivity index (χ2v) is 10.1. The first kappa shape index (κ1) is 21.5. The van der Waals surface area contributed by atoms with Crippen LogP contribution in [0.5, 0.6) is 5.75 Å². The summed E-state index contributed by atoms with van der Waals surface area (Å²) in [6.45, 7) is 9.12. The number of ether oxygens (including phenoxy) is 2. The summed E-state index contributed by atoms with van der Waals surface area (Å²) in [6, 6.07) is 5.63. The first-order chi connectivity index (χ1) is 15.4. The normalized spacial score (nSPS) is 29.3. The van der Waals surface area contributed by atoms with E-state index in [9.17, 15) is 9.59 Å². The number of hydrogen-bond acceptors (Lipinski definition) is 5. The predicted molar refractivity (Wildman–Crippen MR) is 120 cm³/mol. The van der Waals surface area contributed by atoms with Crippen molar-refractivity contribution >= 4 is 11.8 Å². The molecule has 5 rings (SSSR count). The number of hydrogen-bond donors (Lipinski definition) is 2. The van der Waals surface area contributed by atoms with Crippen LogP contribution in [0.25, 0.3) is 0 Å². The van der Waals surface area contributed by atoms with Gasteiger partial charge in [-0.15, -0.1) is 0 Å². The van der Waals surface area contributed by atoms with Gasteiger partial charge in [0.15, 0.2) is 0 Å². The summed E-state index contributed by atoms with van der Waals surface area (Å²) in [6.07, 6.45) is 5.96. The second-order valence-electron chi connectivity index (χ2n) is 10.1. The Kier molecular flexibility index (Phi) is 5.72. The molecule has 3 heterocycles. The van der Waals surface area contributed by atoms with Gasteiger partial charge in [-0.05, 0) is 55.9 Å². The Hall–Kier alpha value is -2.38. The lowest BCUT2D eigenvalue weighted by Gasteiger charge is -2.41. The third-order valence-corrected chi connectivity index (χ3v) is 7.29. The summed E-state index contributed by atoms with van der Waals surface area (Å²) in [5, 5.41) is 6.52. The molecule has 1 saturated carbocycles. The number of carbonyl (C=O) groups is 2. The topological polar surface area (TPSA) is 79.9 Å². The van der Waals surface area contributed by atoms with Crippen LogP contribution >= 0.6 is 0 Å². The molecule has 1 aromatic carbocycles. The average molecular weight is 440 g/mol. The van der Waals surface area contributed by atoms with Crippen LogP contribution in [-0.4, -0.2) is 54.7 Å². The lowest BCUT2D eigenvalue weighted by molar-refractivity contribution is -0.126. The van der Waals surface area contributed by atoms with Gasteiger partial charge in [-0.1, -0.05) is 19.9 Å². The summed E-state index contributed by atoms with van der Waals surface area (Å²) in [4.78, 5) is 27.0. The molecule has 3 atom stereocenters. The number of fused-ring (bicyclic) bond motifs is 1. The van der Waals surface area contributed by atoms with E-state index in [2.05, 4.69) is 24.1 Å². The summed E-state index contributed by atoms with van der Waals surface area (Å²) in [7, 11) is 0. The molecule has 3 fully saturated rings. The molecule has 0 spiro atoms. The molecule has 2 saturated heterocycles. The molecule has 0 radical (unpaired) electrons. The molecule has 2 amide bonds. The lowest BCUT2D eigenvalue weighted by atomic mass is 9.86. The van der Waals surface area contributed by atoms with Gasteiger partial charge >= 0.3 is 0 Å². The lowest BCUT2D eigenvalue weighted by Crippen LogP contribution is -2.53. The van der Waals surface area contributed by atoms with Crippen molar-refractivity contribution in [1.82, 2.24) is 15.5 Å². The molecule has 7 nitrogen and oxygen atoms in total. The predicted octanol–water partition coefficient (Wildman–Crippen LogP) is 2.75. The highest BCUT2D eigenvalue weighted by atomic mass is 16.5. The van der Waals surface area contributed by atoms with Gasteiger partial charge in [-0.2, -0.15) is 0 Å². The van der Waals surface area contributed by atoms with Crippen molar-refractivity contribution in [2.24, 2.45) is 5.41 Å². The molecule has 1 aromatic rings. The van der Waals surface area contributed by atoms with Crippen molar-refractivity contribution in [1.29, 1.82) is 0 Å². The fourth-order valence-corrected chi connectivity index (χ4v) is 5.28. The third-order valence-electron chi connectivity index (χ3n) is 7.29. The van der Waals surface area contributed by atoms with Gasteiger partial charge in [0.05, 0.1) is 13.2 Å². The van der Waals surface area contributed by atoms with Gasteiger partial charge in [0.1, 0.15) is 17.9 Å². The monoisotopic (exact) mass is 439 g/mol. The zero-order valence-corrected chi connectivity index (χ0v) is 18.8.